The highest BCUT2D eigenvalue weighted by atomic mass is 32.2. The van der Waals surface area contributed by atoms with E-state index in [9.17, 15) is 4.79 Å². The van der Waals surface area contributed by atoms with Crippen LogP contribution in [-0.2, 0) is 10.2 Å². The van der Waals surface area contributed by atoms with Crippen LogP contribution in [0, 0.1) is 11.3 Å². The van der Waals surface area contributed by atoms with Crippen LogP contribution in [0.25, 0.3) is 0 Å². The second-order valence-corrected chi connectivity index (χ2v) is 11.4. The molecule has 4 rings (SSSR count). The number of primary amides is 1. The van der Waals surface area contributed by atoms with Gasteiger partial charge in [0.2, 0.25) is 5.91 Å². The number of hydrogen-bond donors (Lipinski definition) is 2. The van der Waals surface area contributed by atoms with Gasteiger partial charge in [0.05, 0.1) is 0 Å². The average Bonchev–Trinajstić information content (AvgIpc) is 2.72. The summed E-state index contributed by atoms with van der Waals surface area (Å²) in [6.45, 7) is 4.33. The van der Waals surface area contributed by atoms with Crippen molar-refractivity contribution >= 4 is 17.7 Å². The van der Waals surface area contributed by atoms with Crippen LogP contribution >= 0.6 is 11.8 Å². The van der Waals surface area contributed by atoms with E-state index >= 15 is 0 Å². The predicted molar refractivity (Wildman–Crippen MR) is 125 cm³/mol. The third-order valence-electron chi connectivity index (χ3n) is 7.54. The van der Waals surface area contributed by atoms with Crippen LogP contribution in [0.4, 0.5) is 0 Å². The van der Waals surface area contributed by atoms with E-state index in [2.05, 4.69) is 55.9 Å². The summed E-state index contributed by atoms with van der Waals surface area (Å²) >= 11 is 2.08. The van der Waals surface area contributed by atoms with Gasteiger partial charge in [-0.2, -0.15) is 11.8 Å². The van der Waals surface area contributed by atoms with E-state index in [1.165, 1.54) is 56.9 Å². The van der Waals surface area contributed by atoms with E-state index in [-0.39, 0.29) is 16.7 Å². The first kappa shape index (κ1) is 22.7. The van der Waals surface area contributed by atoms with Crippen molar-refractivity contribution in [2.24, 2.45) is 22.8 Å². The van der Waals surface area contributed by atoms with Gasteiger partial charge in [-0.1, -0.05) is 63.4 Å². The highest BCUT2D eigenvalue weighted by molar-refractivity contribution is 7.99. The van der Waals surface area contributed by atoms with Crippen molar-refractivity contribution < 1.29 is 4.79 Å². The maximum Gasteiger partial charge on any atom is 0.223 e. The number of thioether (sulfide) groups is 1. The van der Waals surface area contributed by atoms with Gasteiger partial charge < -0.3 is 11.5 Å². The molecular formula is C25H40N2OS. The van der Waals surface area contributed by atoms with Crippen LogP contribution in [0.3, 0.4) is 0 Å². The fourth-order valence-electron chi connectivity index (χ4n) is 6.06. The highest BCUT2D eigenvalue weighted by Crippen LogP contribution is 2.58. The minimum absolute atomic E-state index is 0.111. The lowest BCUT2D eigenvalue weighted by Gasteiger charge is -2.54. The average molecular weight is 417 g/mol. The maximum absolute atomic E-state index is 12.2. The molecule has 1 amide bonds. The van der Waals surface area contributed by atoms with Gasteiger partial charge in [-0.25, -0.2) is 0 Å². The van der Waals surface area contributed by atoms with Crippen LogP contribution in [0.1, 0.15) is 83.6 Å². The number of amides is 1. The molecule has 0 aromatic heterocycles. The highest BCUT2D eigenvalue weighted by Gasteiger charge is 2.53. The molecule has 0 saturated heterocycles. The van der Waals surface area contributed by atoms with E-state index in [0.29, 0.717) is 17.2 Å². The topological polar surface area (TPSA) is 69.1 Å². The summed E-state index contributed by atoms with van der Waals surface area (Å²) in [5.41, 5.74) is 12.7. The van der Waals surface area contributed by atoms with E-state index < -0.39 is 0 Å². The van der Waals surface area contributed by atoms with Gasteiger partial charge in [0.15, 0.2) is 0 Å². The maximum atomic E-state index is 12.2. The Morgan fingerprint density at radius 1 is 1.10 bits per heavy atom. The SMILES string of the molecule is CCSC1CCC2(c3ccccc3)CC1CC(C)(C(N)=O)C2.NC1CCCCC1. The summed E-state index contributed by atoms with van der Waals surface area (Å²) < 4.78 is 0. The molecule has 2 bridgehead atoms. The molecular weight excluding hydrogens is 376 g/mol. The second-order valence-electron chi connectivity index (χ2n) is 9.85. The Morgan fingerprint density at radius 3 is 2.34 bits per heavy atom. The van der Waals surface area contributed by atoms with Crippen molar-refractivity contribution in [1.82, 2.24) is 0 Å². The largest absolute Gasteiger partial charge is 0.369 e. The molecule has 0 heterocycles. The van der Waals surface area contributed by atoms with Crippen molar-refractivity contribution in [3.8, 4) is 0 Å². The lowest BCUT2D eigenvalue weighted by Crippen LogP contribution is -2.52. The number of benzene rings is 1. The molecule has 4 unspecified atom stereocenters. The molecule has 29 heavy (non-hydrogen) atoms. The zero-order valence-electron chi connectivity index (χ0n) is 18.4. The third kappa shape index (κ3) is 5.38. The van der Waals surface area contributed by atoms with Crippen LogP contribution in [0.5, 0.6) is 0 Å². The van der Waals surface area contributed by atoms with Crippen molar-refractivity contribution in [2.45, 2.75) is 94.8 Å². The Hall–Kier alpha value is -1.00. The van der Waals surface area contributed by atoms with Gasteiger partial charge in [0.1, 0.15) is 0 Å². The Balaban J connectivity index is 0.000000290. The summed E-state index contributed by atoms with van der Waals surface area (Å²) in [6.07, 6.45) is 12.2. The molecule has 4 N–H and O–H groups in total. The van der Waals surface area contributed by atoms with Crippen molar-refractivity contribution in [3.05, 3.63) is 35.9 Å². The normalized spacial score (nSPS) is 34.7. The van der Waals surface area contributed by atoms with Crippen LogP contribution in [0.2, 0.25) is 0 Å². The standard InChI is InChI=1S/C19H27NOS.C6H13N/c1-3-22-16-9-10-19(15-7-5-4-6-8-15)12-14(16)11-18(2,13-19)17(20)21;7-6-4-2-1-3-5-6/h4-8,14,16H,3,9-13H2,1-2H3,(H2,20,21);6H,1-5,7H2. The van der Waals surface area contributed by atoms with Crippen LogP contribution in [0.15, 0.2) is 30.3 Å². The molecule has 3 saturated carbocycles. The molecule has 162 valence electrons. The number of rotatable bonds is 4. The first-order valence-corrected chi connectivity index (χ1v) is 12.7. The van der Waals surface area contributed by atoms with Gasteiger partial charge in [-0.05, 0) is 67.6 Å². The number of carbonyl (C=O) groups is 1. The van der Waals surface area contributed by atoms with E-state index in [1.54, 1.807) is 0 Å². The summed E-state index contributed by atoms with van der Waals surface area (Å²) in [4.78, 5) is 12.2. The first-order chi connectivity index (χ1) is 13.9. The number of hydrogen-bond acceptors (Lipinski definition) is 3. The molecule has 0 radical (unpaired) electrons. The van der Waals surface area contributed by atoms with Crippen LogP contribution < -0.4 is 11.5 Å². The van der Waals surface area contributed by atoms with Gasteiger partial charge in [0, 0.05) is 16.7 Å². The molecule has 3 nitrogen and oxygen atoms in total. The Labute approximate surface area is 181 Å². The molecule has 4 heteroatoms. The Bertz CT molecular complexity index is 660. The Kier molecular flexibility index (Phi) is 7.72. The molecule has 3 aliphatic carbocycles. The van der Waals surface area contributed by atoms with Gasteiger partial charge in [0.25, 0.3) is 0 Å². The lowest BCUT2D eigenvalue weighted by molar-refractivity contribution is -0.132. The summed E-state index contributed by atoms with van der Waals surface area (Å²) in [7, 11) is 0. The molecule has 1 aromatic carbocycles. The molecule has 3 aliphatic rings. The van der Waals surface area contributed by atoms with Crippen molar-refractivity contribution in [1.29, 1.82) is 0 Å². The van der Waals surface area contributed by atoms with Gasteiger partial charge in [-0.15, -0.1) is 0 Å². The monoisotopic (exact) mass is 416 g/mol. The first-order valence-electron chi connectivity index (χ1n) is 11.6. The lowest BCUT2D eigenvalue weighted by atomic mass is 9.52. The molecule has 4 atom stereocenters. The summed E-state index contributed by atoms with van der Waals surface area (Å²) in [6, 6.07) is 11.4. The van der Waals surface area contributed by atoms with E-state index in [1.807, 2.05) is 0 Å². The minimum Gasteiger partial charge on any atom is -0.369 e. The predicted octanol–water partition coefficient (Wildman–Crippen LogP) is 5.41. The quantitative estimate of drug-likeness (QED) is 0.689. The third-order valence-corrected chi connectivity index (χ3v) is 8.92. The van der Waals surface area contributed by atoms with Crippen molar-refractivity contribution in [2.75, 3.05) is 5.75 Å². The zero-order chi connectivity index (χ0) is 20.9. The van der Waals surface area contributed by atoms with E-state index in [0.717, 1.165) is 18.6 Å². The second kappa shape index (κ2) is 9.87. The fraction of sp³-hybridized carbons (Fsp3) is 0.720. The smallest absolute Gasteiger partial charge is 0.223 e. The van der Waals surface area contributed by atoms with Crippen LogP contribution in [-0.4, -0.2) is 23.0 Å². The fourth-order valence-corrected chi connectivity index (χ4v) is 7.24. The van der Waals surface area contributed by atoms with Crippen molar-refractivity contribution in [3.63, 3.8) is 0 Å². The van der Waals surface area contributed by atoms with Gasteiger partial charge >= 0.3 is 0 Å². The minimum atomic E-state index is -0.355. The van der Waals surface area contributed by atoms with E-state index in [4.69, 9.17) is 11.5 Å². The molecule has 0 spiro atoms. The Morgan fingerprint density at radius 2 is 1.79 bits per heavy atom. The molecule has 1 aromatic rings. The number of carbonyl (C=O) groups excluding carboxylic acids is 1. The molecule has 0 aliphatic heterocycles. The summed E-state index contributed by atoms with van der Waals surface area (Å²) in [5.74, 6) is 1.66. The number of nitrogens with two attached hydrogens (primary N) is 2. The number of fused-ring (bicyclic) bond motifs is 2. The van der Waals surface area contributed by atoms with Gasteiger partial charge in [-0.3, -0.25) is 4.79 Å². The molecule has 3 fully saturated rings. The summed E-state index contributed by atoms with van der Waals surface area (Å²) in [5, 5.41) is 0.695. The zero-order valence-corrected chi connectivity index (χ0v) is 19.2.